The first-order valence-electron chi connectivity index (χ1n) is 10.1. The van der Waals surface area contributed by atoms with Crippen molar-refractivity contribution in [2.24, 2.45) is 0 Å². The van der Waals surface area contributed by atoms with Crippen LogP contribution >= 0.6 is 0 Å². The third-order valence-corrected chi connectivity index (χ3v) is 5.54. The maximum absolute atomic E-state index is 14.6. The summed E-state index contributed by atoms with van der Waals surface area (Å²) in [6, 6.07) is 10.7. The molecule has 2 heterocycles. The number of anilines is 1. The van der Waals surface area contributed by atoms with Crippen LogP contribution in [0.5, 0.6) is 0 Å². The number of rotatable bonds is 4. The van der Waals surface area contributed by atoms with Gasteiger partial charge >= 0.3 is 0 Å². The number of amides is 1. The van der Waals surface area contributed by atoms with Gasteiger partial charge in [0.25, 0.3) is 5.91 Å². The van der Waals surface area contributed by atoms with Crippen LogP contribution < -0.4 is 16.0 Å². The van der Waals surface area contributed by atoms with E-state index in [1.807, 2.05) is 18.2 Å². The molecule has 0 saturated heterocycles. The first kappa shape index (κ1) is 19.6. The molecule has 150 valence electrons. The highest BCUT2D eigenvalue weighted by Gasteiger charge is 2.15. The summed E-state index contributed by atoms with van der Waals surface area (Å²) in [5.41, 5.74) is 6.29. The van der Waals surface area contributed by atoms with Gasteiger partial charge < -0.3 is 16.0 Å². The Hall–Kier alpha value is -2.76. The lowest BCUT2D eigenvalue weighted by atomic mass is 9.95. The maximum atomic E-state index is 14.6. The van der Waals surface area contributed by atoms with E-state index in [1.54, 1.807) is 12.1 Å². The Morgan fingerprint density at radius 1 is 0.931 bits per heavy atom. The van der Waals surface area contributed by atoms with Gasteiger partial charge in [0.2, 0.25) is 0 Å². The SMILES string of the molecule is Cc1cc(NC(=O)c2ccc(C3=CCNCC3)c(F)c2)ccc1C1=CCNCC1. The Morgan fingerprint density at radius 2 is 1.59 bits per heavy atom. The number of nitrogens with one attached hydrogen (secondary N) is 3. The van der Waals surface area contributed by atoms with E-state index in [9.17, 15) is 9.18 Å². The van der Waals surface area contributed by atoms with Gasteiger partial charge in [-0.1, -0.05) is 24.3 Å². The molecule has 4 rings (SSSR count). The molecule has 5 heteroatoms. The van der Waals surface area contributed by atoms with E-state index in [0.29, 0.717) is 11.1 Å². The summed E-state index contributed by atoms with van der Waals surface area (Å²) >= 11 is 0. The molecule has 2 aliphatic heterocycles. The summed E-state index contributed by atoms with van der Waals surface area (Å²) in [5, 5.41) is 9.43. The number of carbonyl (C=O) groups excluding carboxylic acids is 1. The van der Waals surface area contributed by atoms with E-state index >= 15 is 0 Å². The molecule has 0 spiro atoms. The van der Waals surface area contributed by atoms with E-state index in [4.69, 9.17) is 0 Å². The first-order valence-corrected chi connectivity index (χ1v) is 10.1. The van der Waals surface area contributed by atoms with Gasteiger partial charge in [0.15, 0.2) is 0 Å². The lowest BCUT2D eigenvalue weighted by molar-refractivity contribution is 0.102. The molecule has 0 radical (unpaired) electrons. The Kier molecular flexibility index (Phi) is 5.88. The Morgan fingerprint density at radius 3 is 2.17 bits per heavy atom. The summed E-state index contributed by atoms with van der Waals surface area (Å²) in [6.45, 7) is 5.52. The molecule has 29 heavy (non-hydrogen) atoms. The fourth-order valence-corrected chi connectivity index (χ4v) is 3.96. The number of hydrogen-bond donors (Lipinski definition) is 3. The molecule has 0 bridgehead atoms. The summed E-state index contributed by atoms with van der Waals surface area (Å²) in [7, 11) is 0. The van der Waals surface area contributed by atoms with Gasteiger partial charge in [-0.2, -0.15) is 0 Å². The monoisotopic (exact) mass is 391 g/mol. The minimum absolute atomic E-state index is 0.303. The zero-order valence-electron chi connectivity index (χ0n) is 16.6. The number of halogens is 1. The lowest BCUT2D eigenvalue weighted by Crippen LogP contribution is -2.20. The number of carbonyl (C=O) groups is 1. The molecule has 2 aromatic rings. The molecule has 0 aliphatic carbocycles. The molecule has 0 aromatic heterocycles. The predicted octanol–water partition coefficient (Wildman–Crippen LogP) is 4.14. The molecular weight excluding hydrogens is 365 g/mol. The van der Waals surface area contributed by atoms with Crippen LogP contribution in [0.25, 0.3) is 11.1 Å². The largest absolute Gasteiger partial charge is 0.322 e. The normalized spacial score (nSPS) is 16.8. The van der Waals surface area contributed by atoms with E-state index in [2.05, 4.69) is 35.0 Å². The van der Waals surface area contributed by atoms with E-state index in [0.717, 1.165) is 55.8 Å². The Balaban J connectivity index is 1.49. The summed E-state index contributed by atoms with van der Waals surface area (Å²) in [6.07, 6.45) is 6.02. The number of hydrogen-bond acceptors (Lipinski definition) is 3. The molecule has 0 fully saturated rings. The Bertz CT molecular complexity index is 994. The van der Waals surface area contributed by atoms with Crippen LogP contribution in [0.4, 0.5) is 10.1 Å². The highest BCUT2D eigenvalue weighted by molar-refractivity contribution is 6.04. The number of benzene rings is 2. The molecule has 2 aromatic carbocycles. The fraction of sp³-hybridized carbons (Fsp3) is 0.292. The van der Waals surface area contributed by atoms with Crippen molar-refractivity contribution in [2.75, 3.05) is 31.5 Å². The summed E-state index contributed by atoms with van der Waals surface area (Å²) in [5.74, 6) is -0.654. The average Bonchev–Trinajstić information content (AvgIpc) is 2.75. The predicted molar refractivity (Wildman–Crippen MR) is 116 cm³/mol. The van der Waals surface area contributed by atoms with Crippen molar-refractivity contribution >= 4 is 22.7 Å². The van der Waals surface area contributed by atoms with Crippen LogP contribution in [0.15, 0.2) is 48.6 Å². The van der Waals surface area contributed by atoms with E-state index in [1.165, 1.54) is 17.2 Å². The molecular formula is C24H26FN3O. The van der Waals surface area contributed by atoms with Crippen molar-refractivity contribution in [1.82, 2.24) is 10.6 Å². The standard InChI is InChI=1S/C24H26FN3O/c1-16-14-20(3-5-21(16)17-6-10-26-11-7-17)28-24(29)19-2-4-22(23(25)15-19)18-8-12-27-13-9-18/h2-6,8,14-15,26-27H,7,9-13H2,1H3,(H,28,29). The van der Waals surface area contributed by atoms with Gasteiger partial charge in [-0.05, 0) is 79.4 Å². The van der Waals surface area contributed by atoms with Crippen molar-refractivity contribution in [3.05, 3.63) is 76.6 Å². The van der Waals surface area contributed by atoms with Crippen molar-refractivity contribution in [3.63, 3.8) is 0 Å². The van der Waals surface area contributed by atoms with Gasteiger partial charge in [0, 0.05) is 29.9 Å². The average molecular weight is 391 g/mol. The lowest BCUT2D eigenvalue weighted by Gasteiger charge is -2.17. The van der Waals surface area contributed by atoms with E-state index < -0.39 is 0 Å². The Labute approximate surface area is 170 Å². The molecule has 0 atom stereocenters. The molecule has 4 nitrogen and oxygen atoms in total. The molecule has 0 unspecified atom stereocenters. The van der Waals surface area contributed by atoms with Gasteiger partial charge in [0.05, 0.1) is 0 Å². The quantitative estimate of drug-likeness (QED) is 0.734. The van der Waals surface area contributed by atoms with Crippen LogP contribution in [0.2, 0.25) is 0 Å². The molecule has 3 N–H and O–H groups in total. The summed E-state index contributed by atoms with van der Waals surface area (Å²) < 4.78 is 14.6. The maximum Gasteiger partial charge on any atom is 0.255 e. The molecule has 1 amide bonds. The zero-order chi connectivity index (χ0) is 20.2. The topological polar surface area (TPSA) is 53.2 Å². The van der Waals surface area contributed by atoms with Gasteiger partial charge in [-0.25, -0.2) is 4.39 Å². The van der Waals surface area contributed by atoms with Gasteiger partial charge in [-0.15, -0.1) is 0 Å². The van der Waals surface area contributed by atoms with Crippen LogP contribution in [0.1, 0.15) is 39.9 Å². The van der Waals surface area contributed by atoms with Crippen molar-refractivity contribution in [1.29, 1.82) is 0 Å². The minimum atomic E-state index is -0.352. The van der Waals surface area contributed by atoms with Gasteiger partial charge in [-0.3, -0.25) is 4.79 Å². The first-order chi connectivity index (χ1) is 14.1. The van der Waals surface area contributed by atoms with Crippen molar-refractivity contribution < 1.29 is 9.18 Å². The molecule has 2 aliphatic rings. The molecule has 0 saturated carbocycles. The van der Waals surface area contributed by atoms with Crippen molar-refractivity contribution in [3.8, 4) is 0 Å². The fourth-order valence-electron chi connectivity index (χ4n) is 3.96. The third-order valence-electron chi connectivity index (χ3n) is 5.54. The van der Waals surface area contributed by atoms with Gasteiger partial charge in [0.1, 0.15) is 5.82 Å². The second kappa shape index (κ2) is 8.72. The minimum Gasteiger partial charge on any atom is -0.322 e. The van der Waals surface area contributed by atoms with Crippen LogP contribution in [-0.4, -0.2) is 32.1 Å². The van der Waals surface area contributed by atoms with Crippen LogP contribution in [0.3, 0.4) is 0 Å². The van der Waals surface area contributed by atoms with Crippen LogP contribution in [0, 0.1) is 12.7 Å². The zero-order valence-corrected chi connectivity index (χ0v) is 16.6. The van der Waals surface area contributed by atoms with Crippen LogP contribution in [-0.2, 0) is 0 Å². The summed E-state index contributed by atoms with van der Waals surface area (Å²) in [4.78, 5) is 12.6. The second-order valence-corrected chi connectivity index (χ2v) is 7.55. The highest BCUT2D eigenvalue weighted by Crippen LogP contribution is 2.27. The van der Waals surface area contributed by atoms with E-state index in [-0.39, 0.29) is 11.7 Å². The second-order valence-electron chi connectivity index (χ2n) is 7.55. The number of aryl methyl sites for hydroxylation is 1. The highest BCUT2D eigenvalue weighted by atomic mass is 19.1. The third kappa shape index (κ3) is 4.47. The van der Waals surface area contributed by atoms with Crippen molar-refractivity contribution in [2.45, 2.75) is 19.8 Å². The smallest absolute Gasteiger partial charge is 0.255 e.